The first-order chi connectivity index (χ1) is 13.0. The van der Waals surface area contributed by atoms with Crippen LogP contribution >= 0.6 is 11.3 Å². The van der Waals surface area contributed by atoms with Crippen molar-refractivity contribution in [1.29, 1.82) is 0 Å². The lowest BCUT2D eigenvalue weighted by atomic mass is 10.0. The molecule has 4 nitrogen and oxygen atoms in total. The van der Waals surface area contributed by atoms with Crippen LogP contribution in [0.5, 0.6) is 0 Å². The summed E-state index contributed by atoms with van der Waals surface area (Å²) in [7, 11) is 0. The molecule has 3 rings (SSSR count). The average Bonchev–Trinajstić information content (AvgIpc) is 3.02. The number of anilines is 1. The van der Waals surface area contributed by atoms with Crippen molar-refractivity contribution >= 4 is 22.4 Å². The number of rotatable bonds is 4. The fourth-order valence-corrected chi connectivity index (χ4v) is 3.98. The normalized spacial score (nSPS) is 15.1. The number of alkyl halides is 6. The summed E-state index contributed by atoms with van der Waals surface area (Å²) in [5, 5.41) is 2.05. The third kappa shape index (κ3) is 3.80. The predicted octanol–water partition coefficient (Wildman–Crippen LogP) is 4.68. The zero-order chi connectivity index (χ0) is 20.6. The van der Waals surface area contributed by atoms with Gasteiger partial charge in [0.25, 0.3) is 5.91 Å². The van der Waals surface area contributed by atoms with E-state index in [2.05, 4.69) is 4.98 Å². The molecule has 1 aromatic heterocycles. The Morgan fingerprint density at radius 1 is 0.964 bits per heavy atom. The van der Waals surface area contributed by atoms with E-state index in [9.17, 15) is 31.1 Å². The van der Waals surface area contributed by atoms with E-state index in [4.69, 9.17) is 0 Å². The van der Waals surface area contributed by atoms with Crippen LogP contribution in [-0.2, 0) is 12.8 Å². The van der Waals surface area contributed by atoms with Crippen molar-refractivity contribution in [3.63, 3.8) is 0 Å². The summed E-state index contributed by atoms with van der Waals surface area (Å²) in [5.41, 5.74) is -4.51. The van der Waals surface area contributed by atoms with E-state index in [1.54, 1.807) is 0 Å². The molecule has 0 spiro atoms. The monoisotopic (exact) mass is 423 g/mol. The van der Waals surface area contributed by atoms with Crippen LogP contribution in [0.15, 0.2) is 30.3 Å². The molecule has 28 heavy (non-hydrogen) atoms. The van der Waals surface area contributed by atoms with Gasteiger partial charge in [0.05, 0.1) is 5.69 Å². The van der Waals surface area contributed by atoms with Gasteiger partial charge in [-0.05, 0) is 37.8 Å². The maximum Gasteiger partial charge on any atom is 0.439 e. The van der Waals surface area contributed by atoms with Gasteiger partial charge in [0, 0.05) is 10.4 Å². The third-order valence-electron chi connectivity index (χ3n) is 4.33. The fraction of sp³-hybridized carbons (Fsp3) is 0.412. The van der Waals surface area contributed by atoms with Crippen LogP contribution in [0.2, 0.25) is 0 Å². The molecule has 2 N–H and O–H groups in total. The topological polar surface area (TPSA) is 54.0 Å². The number of nitrogens with zero attached hydrogens (tertiary/aromatic N) is 1. The maximum absolute atomic E-state index is 13.7. The standard InChI is InChI=1S/C17H15F6N3OS/c18-16(19,20)15(17(21,22)23,25-13(27)10-6-2-1-3-7-10)26-14-24-11-8-4-5-9-12(11)28-14/h1-3,6-7H,4-5,8-9H2,(H,24,26)(H,25,27). The minimum absolute atomic E-state index is 0.333. The molecule has 0 aliphatic heterocycles. The van der Waals surface area contributed by atoms with Crippen LogP contribution in [-0.4, -0.2) is 28.9 Å². The molecule has 1 amide bonds. The highest BCUT2D eigenvalue weighted by molar-refractivity contribution is 7.15. The molecule has 1 aliphatic rings. The zero-order valence-corrected chi connectivity index (χ0v) is 15.1. The van der Waals surface area contributed by atoms with E-state index in [-0.39, 0.29) is 5.56 Å². The molecule has 0 saturated carbocycles. The number of aromatic nitrogens is 1. The van der Waals surface area contributed by atoms with Gasteiger partial charge >= 0.3 is 18.0 Å². The van der Waals surface area contributed by atoms with Gasteiger partial charge in [-0.15, -0.1) is 11.3 Å². The number of hydrogen-bond donors (Lipinski definition) is 2. The molecule has 1 aromatic carbocycles. The van der Waals surface area contributed by atoms with Crippen molar-refractivity contribution in [3.8, 4) is 0 Å². The Morgan fingerprint density at radius 3 is 2.14 bits per heavy atom. The van der Waals surface area contributed by atoms with Gasteiger partial charge in [-0.1, -0.05) is 18.2 Å². The molecule has 0 radical (unpaired) electrons. The van der Waals surface area contributed by atoms with Gasteiger partial charge in [0.2, 0.25) is 0 Å². The number of amides is 1. The lowest BCUT2D eigenvalue weighted by Crippen LogP contribution is -2.72. The van der Waals surface area contributed by atoms with Crippen LogP contribution in [0.4, 0.5) is 31.5 Å². The van der Waals surface area contributed by atoms with Crippen LogP contribution in [0.25, 0.3) is 0 Å². The van der Waals surface area contributed by atoms with Gasteiger partial charge in [-0.2, -0.15) is 26.3 Å². The smallest absolute Gasteiger partial charge is 0.324 e. The Kier molecular flexibility index (Phi) is 5.30. The Hall–Kier alpha value is -2.30. The first-order valence-electron chi connectivity index (χ1n) is 8.31. The molecule has 0 atom stereocenters. The van der Waals surface area contributed by atoms with E-state index in [0.29, 0.717) is 23.4 Å². The molecule has 1 aliphatic carbocycles. The molecule has 0 bridgehead atoms. The number of carbonyl (C=O) groups excluding carboxylic acids is 1. The lowest BCUT2D eigenvalue weighted by molar-refractivity contribution is -0.294. The van der Waals surface area contributed by atoms with Gasteiger partial charge in [0.1, 0.15) is 0 Å². The minimum Gasteiger partial charge on any atom is -0.324 e. The quantitative estimate of drug-likeness (QED) is 0.555. The molecule has 1 heterocycles. The molecular formula is C17H15F6N3OS. The van der Waals surface area contributed by atoms with Crippen molar-refractivity contribution in [2.45, 2.75) is 43.7 Å². The Morgan fingerprint density at radius 2 is 1.57 bits per heavy atom. The average molecular weight is 423 g/mol. The highest BCUT2D eigenvalue weighted by Crippen LogP contribution is 2.44. The molecule has 11 heteroatoms. The van der Waals surface area contributed by atoms with Crippen molar-refractivity contribution in [3.05, 3.63) is 46.5 Å². The summed E-state index contributed by atoms with van der Waals surface area (Å²) < 4.78 is 82.2. The summed E-state index contributed by atoms with van der Waals surface area (Å²) in [5.74, 6) is -1.51. The number of halogens is 6. The second-order valence-electron chi connectivity index (χ2n) is 6.29. The van der Waals surface area contributed by atoms with Crippen molar-refractivity contribution < 1.29 is 31.1 Å². The molecule has 0 saturated heterocycles. The molecule has 152 valence electrons. The van der Waals surface area contributed by atoms with Crippen molar-refractivity contribution in [2.75, 3.05) is 5.32 Å². The number of benzene rings is 1. The second-order valence-corrected chi connectivity index (χ2v) is 7.37. The minimum atomic E-state index is -5.87. The fourth-order valence-electron chi connectivity index (χ4n) is 2.87. The van der Waals surface area contributed by atoms with E-state index in [0.717, 1.165) is 41.6 Å². The summed E-state index contributed by atoms with van der Waals surface area (Å²) in [6, 6.07) is 6.39. The molecular weight excluding hydrogens is 408 g/mol. The van der Waals surface area contributed by atoms with Gasteiger partial charge in [-0.25, -0.2) is 4.98 Å². The highest BCUT2D eigenvalue weighted by Gasteiger charge is 2.73. The number of aryl methyl sites for hydroxylation is 2. The van der Waals surface area contributed by atoms with Crippen LogP contribution in [0.1, 0.15) is 33.8 Å². The Balaban J connectivity index is 2.01. The predicted molar refractivity (Wildman–Crippen MR) is 91.1 cm³/mol. The second kappa shape index (κ2) is 7.26. The third-order valence-corrected chi connectivity index (χ3v) is 5.40. The largest absolute Gasteiger partial charge is 0.439 e. The number of carbonyl (C=O) groups is 1. The number of nitrogens with one attached hydrogen (secondary N) is 2. The number of fused-ring (bicyclic) bond motifs is 1. The van der Waals surface area contributed by atoms with Crippen molar-refractivity contribution in [2.24, 2.45) is 0 Å². The van der Waals surface area contributed by atoms with E-state index >= 15 is 0 Å². The van der Waals surface area contributed by atoms with E-state index in [1.165, 1.54) is 23.5 Å². The van der Waals surface area contributed by atoms with E-state index < -0.39 is 29.1 Å². The molecule has 0 unspecified atom stereocenters. The van der Waals surface area contributed by atoms with Gasteiger partial charge < -0.3 is 10.6 Å². The van der Waals surface area contributed by atoms with Crippen LogP contribution < -0.4 is 10.6 Å². The first-order valence-corrected chi connectivity index (χ1v) is 9.13. The number of hydrogen-bond acceptors (Lipinski definition) is 4. The zero-order valence-electron chi connectivity index (χ0n) is 14.2. The van der Waals surface area contributed by atoms with Crippen LogP contribution in [0.3, 0.4) is 0 Å². The van der Waals surface area contributed by atoms with E-state index in [1.807, 2.05) is 0 Å². The summed E-state index contributed by atoms with van der Waals surface area (Å²) >= 11 is 0.744. The SMILES string of the molecule is O=C(NC(Nc1nc2c(s1)CCCC2)(C(F)(F)F)C(F)(F)F)c1ccccc1. The van der Waals surface area contributed by atoms with Crippen molar-refractivity contribution in [1.82, 2.24) is 10.3 Å². The maximum atomic E-state index is 13.7. The highest BCUT2D eigenvalue weighted by atomic mass is 32.1. The summed E-state index contributed by atoms with van der Waals surface area (Å²) in [6.45, 7) is 0. The molecule has 2 aromatic rings. The summed E-state index contributed by atoms with van der Waals surface area (Å²) in [6.07, 6.45) is -9.14. The lowest BCUT2D eigenvalue weighted by Gasteiger charge is -2.38. The number of thiazole rings is 1. The van der Waals surface area contributed by atoms with Gasteiger partial charge in [-0.3, -0.25) is 4.79 Å². The summed E-state index contributed by atoms with van der Waals surface area (Å²) in [4.78, 5) is 16.7. The van der Waals surface area contributed by atoms with Gasteiger partial charge in [0.15, 0.2) is 5.13 Å². The van der Waals surface area contributed by atoms with Crippen LogP contribution in [0, 0.1) is 0 Å². The molecule has 0 fully saturated rings. The Bertz CT molecular complexity index is 809. The Labute approximate surface area is 160 Å². The first kappa shape index (κ1) is 20.4.